The minimum absolute atomic E-state index is 0.630. The van der Waals surface area contributed by atoms with Crippen molar-refractivity contribution in [1.29, 1.82) is 0 Å². The second kappa shape index (κ2) is 7.25. The van der Waals surface area contributed by atoms with Crippen LogP contribution >= 0.6 is 0 Å². The number of fused-ring (bicyclic) bond motifs is 3. The second-order valence-electron chi connectivity index (χ2n) is 6.70. The van der Waals surface area contributed by atoms with E-state index in [1.54, 1.807) is 13.3 Å². The van der Waals surface area contributed by atoms with Crippen LogP contribution in [0.1, 0.15) is 11.1 Å². The number of imidazole rings is 1. The molecule has 0 spiro atoms. The van der Waals surface area contributed by atoms with Crippen LogP contribution in [0.5, 0.6) is 5.75 Å². The van der Waals surface area contributed by atoms with Crippen LogP contribution in [0.4, 0.5) is 0 Å². The number of aromatic nitrogens is 4. The molecule has 4 aromatic rings. The van der Waals surface area contributed by atoms with E-state index >= 15 is 0 Å². The summed E-state index contributed by atoms with van der Waals surface area (Å²) in [5.74, 6) is 0.951. The van der Waals surface area contributed by atoms with Gasteiger partial charge in [0, 0.05) is 0 Å². The summed E-state index contributed by atoms with van der Waals surface area (Å²) in [5.41, 5.74) is 5.85. The van der Waals surface area contributed by atoms with Gasteiger partial charge < -0.3 is 0 Å². The average Bonchev–Trinajstić information content (AvgIpc) is 3.28. The van der Waals surface area contributed by atoms with Crippen molar-refractivity contribution in [3.63, 3.8) is 0 Å². The molecule has 0 aliphatic heterocycles. The van der Waals surface area contributed by atoms with Gasteiger partial charge in [0.15, 0.2) is 0 Å². The molecule has 1 atom stereocenters. The Kier molecular flexibility index (Phi) is 4.45. The zero-order chi connectivity index (χ0) is 18.9. The van der Waals surface area contributed by atoms with Gasteiger partial charge in [0.05, 0.1) is 0 Å². The normalized spacial score (nSPS) is 12.8. The molecular weight excluding hydrogens is 411 g/mol. The quantitative estimate of drug-likeness (QED) is 0.464. The molecule has 0 saturated heterocycles. The monoisotopic (exact) mass is 430 g/mol. The van der Waals surface area contributed by atoms with Crippen molar-refractivity contribution >= 4 is 24.7 Å². The van der Waals surface area contributed by atoms with Crippen LogP contribution < -0.4 is 13.7 Å². The Balaban J connectivity index is 1.49. The molecule has 0 N–H and O–H groups in total. The van der Waals surface area contributed by atoms with E-state index < -0.39 is 15.8 Å². The Hall–Kier alpha value is -2.91. The minimum atomic E-state index is -0.630. The average molecular weight is 430 g/mol. The zero-order valence-corrected chi connectivity index (χ0v) is 17.6. The van der Waals surface area contributed by atoms with Gasteiger partial charge in [-0.15, -0.1) is 0 Å². The van der Waals surface area contributed by atoms with E-state index in [-0.39, 0.29) is 0 Å². The SMILES string of the molecule is COc1cccc2c1CCc1cnc([AsH]c3cccc(-n4ccnc4)c3)nc1-2. The van der Waals surface area contributed by atoms with Crippen molar-refractivity contribution in [1.82, 2.24) is 19.5 Å². The molecule has 5 nitrogen and oxygen atoms in total. The first kappa shape index (κ1) is 17.2. The first-order chi connectivity index (χ1) is 13.8. The third-order valence-corrected chi connectivity index (χ3v) is 7.25. The summed E-state index contributed by atoms with van der Waals surface area (Å²) < 4.78 is 9.83. The standard InChI is InChI=1S/C22H19AsN4O/c1-28-20-7-3-6-19-18(20)9-8-15-13-25-22(26-21(15)19)23-16-4-2-5-17(12-16)27-11-10-24-14-27/h2-7,10-14,23H,8-9H2,1H3. The van der Waals surface area contributed by atoms with Gasteiger partial charge in [-0.25, -0.2) is 0 Å². The Morgan fingerprint density at radius 2 is 2.04 bits per heavy atom. The molecule has 5 rings (SSSR count). The number of aryl methyl sites for hydroxylation is 1. The van der Waals surface area contributed by atoms with E-state index in [1.807, 2.05) is 35.4 Å². The van der Waals surface area contributed by atoms with Crippen LogP contribution in [-0.4, -0.2) is 42.4 Å². The fraction of sp³-hybridized carbons (Fsp3) is 0.136. The van der Waals surface area contributed by atoms with Gasteiger partial charge in [0.25, 0.3) is 0 Å². The molecule has 1 unspecified atom stereocenters. The maximum absolute atomic E-state index is 5.56. The first-order valence-corrected chi connectivity index (χ1v) is 11.3. The van der Waals surface area contributed by atoms with Crippen LogP contribution in [0.15, 0.2) is 67.4 Å². The third-order valence-electron chi connectivity index (χ3n) is 5.02. The summed E-state index contributed by atoms with van der Waals surface area (Å²) in [4.78, 5) is 13.8. The van der Waals surface area contributed by atoms with Crippen LogP contribution in [0.3, 0.4) is 0 Å². The third kappa shape index (κ3) is 3.12. The van der Waals surface area contributed by atoms with Gasteiger partial charge in [-0.3, -0.25) is 0 Å². The topological polar surface area (TPSA) is 52.8 Å². The fourth-order valence-electron chi connectivity index (χ4n) is 3.66. The van der Waals surface area contributed by atoms with Crippen LogP contribution in [0.2, 0.25) is 0 Å². The molecule has 2 aromatic carbocycles. The van der Waals surface area contributed by atoms with E-state index in [9.17, 15) is 0 Å². The van der Waals surface area contributed by atoms with E-state index in [2.05, 4.69) is 40.3 Å². The van der Waals surface area contributed by atoms with Crippen molar-refractivity contribution in [2.24, 2.45) is 0 Å². The molecule has 0 fully saturated rings. The van der Waals surface area contributed by atoms with Gasteiger partial charge in [-0.2, -0.15) is 0 Å². The van der Waals surface area contributed by atoms with Crippen LogP contribution in [0.25, 0.3) is 16.9 Å². The molecule has 0 bridgehead atoms. The van der Waals surface area contributed by atoms with E-state index in [0.29, 0.717) is 0 Å². The maximum atomic E-state index is 5.56. The van der Waals surface area contributed by atoms with Crippen LogP contribution in [-0.2, 0) is 12.8 Å². The van der Waals surface area contributed by atoms with E-state index in [0.717, 1.165) is 34.6 Å². The molecular formula is C22H19AsN4O. The summed E-state index contributed by atoms with van der Waals surface area (Å²) in [6.07, 6.45) is 9.51. The van der Waals surface area contributed by atoms with Crippen molar-refractivity contribution in [2.75, 3.05) is 7.11 Å². The van der Waals surface area contributed by atoms with Gasteiger partial charge in [0.2, 0.25) is 0 Å². The second-order valence-corrected chi connectivity index (χ2v) is 9.37. The summed E-state index contributed by atoms with van der Waals surface area (Å²) >= 11 is -0.630. The number of methoxy groups -OCH3 is 1. The van der Waals surface area contributed by atoms with E-state index in [1.165, 1.54) is 21.0 Å². The molecule has 1 aliphatic carbocycles. The summed E-state index contributed by atoms with van der Waals surface area (Å²) in [6.45, 7) is 0. The Bertz CT molecular complexity index is 1140. The number of rotatable bonds is 4. The summed E-state index contributed by atoms with van der Waals surface area (Å²) in [7, 11) is 1.73. The van der Waals surface area contributed by atoms with E-state index in [4.69, 9.17) is 9.72 Å². The molecule has 6 heteroatoms. The number of benzene rings is 2. The molecule has 0 amide bonds. The Labute approximate surface area is 170 Å². The molecule has 138 valence electrons. The van der Waals surface area contributed by atoms with Crippen molar-refractivity contribution in [3.05, 3.63) is 78.5 Å². The number of nitrogens with zero attached hydrogens (tertiary/aromatic N) is 4. The number of hydrogen-bond acceptors (Lipinski definition) is 4. The molecule has 2 heterocycles. The Morgan fingerprint density at radius 3 is 2.89 bits per heavy atom. The number of ether oxygens (including phenoxy) is 1. The molecule has 28 heavy (non-hydrogen) atoms. The Morgan fingerprint density at radius 1 is 1.11 bits per heavy atom. The van der Waals surface area contributed by atoms with Gasteiger partial charge in [-0.1, -0.05) is 0 Å². The van der Waals surface area contributed by atoms with Crippen LogP contribution in [0, 0.1) is 0 Å². The summed E-state index contributed by atoms with van der Waals surface area (Å²) in [6, 6.07) is 14.8. The first-order valence-electron chi connectivity index (χ1n) is 9.19. The fourth-order valence-corrected chi connectivity index (χ4v) is 5.67. The predicted octanol–water partition coefficient (Wildman–Crippen LogP) is 1.82. The number of hydrogen-bond donors (Lipinski definition) is 0. The van der Waals surface area contributed by atoms with Crippen molar-refractivity contribution in [3.8, 4) is 22.7 Å². The van der Waals surface area contributed by atoms with Crippen molar-refractivity contribution < 1.29 is 4.74 Å². The molecule has 2 aromatic heterocycles. The molecule has 0 saturated carbocycles. The predicted molar refractivity (Wildman–Crippen MR) is 111 cm³/mol. The van der Waals surface area contributed by atoms with Gasteiger partial charge in [-0.05, 0) is 0 Å². The van der Waals surface area contributed by atoms with Gasteiger partial charge in [0.1, 0.15) is 0 Å². The zero-order valence-electron chi connectivity index (χ0n) is 15.5. The molecule has 0 radical (unpaired) electrons. The van der Waals surface area contributed by atoms with Crippen molar-refractivity contribution in [2.45, 2.75) is 12.8 Å². The van der Waals surface area contributed by atoms with Gasteiger partial charge >= 0.3 is 170 Å². The summed E-state index contributed by atoms with van der Waals surface area (Å²) in [5, 5.41) is 0. The molecule has 1 aliphatic rings.